The molecule has 2 heteroatoms. The lowest BCUT2D eigenvalue weighted by molar-refractivity contribution is 0.794. The summed E-state index contributed by atoms with van der Waals surface area (Å²) < 4.78 is 2.64. The molecule has 1 nitrogen and oxygen atoms in total. The molecule has 2 aliphatic rings. The molecule has 0 amide bonds. The molecule has 2 aliphatic carbocycles. The number of hydrogen-bond donors (Lipinski definition) is 0. The Morgan fingerprint density at radius 3 is 1.45 bits per heavy atom. The highest BCUT2D eigenvalue weighted by molar-refractivity contribution is 7.25. The van der Waals surface area contributed by atoms with Crippen molar-refractivity contribution in [2.24, 2.45) is 0 Å². The zero-order valence-electron chi connectivity index (χ0n) is 37.7. The lowest BCUT2D eigenvalue weighted by Crippen LogP contribution is -2.25. The minimum Gasteiger partial charge on any atom is -0.310 e. The van der Waals surface area contributed by atoms with Crippen molar-refractivity contribution in [3.8, 4) is 66.8 Å². The number of hydrogen-bond acceptors (Lipinski definition) is 2. The Labute approximate surface area is 406 Å². The van der Waals surface area contributed by atoms with E-state index in [0.717, 1.165) is 17.1 Å². The van der Waals surface area contributed by atoms with Crippen molar-refractivity contribution in [3.05, 3.63) is 283 Å². The Morgan fingerprint density at radius 1 is 0.275 bits per heavy atom. The second-order valence-corrected chi connectivity index (χ2v) is 19.4. The Balaban J connectivity index is 1.02. The maximum Gasteiger partial charge on any atom is 0.0725 e. The van der Waals surface area contributed by atoms with Crippen LogP contribution in [0.2, 0.25) is 0 Å². The van der Waals surface area contributed by atoms with Crippen LogP contribution in [0.15, 0.2) is 261 Å². The molecule has 1 aromatic heterocycles. The van der Waals surface area contributed by atoms with Gasteiger partial charge in [-0.15, -0.1) is 11.3 Å². The van der Waals surface area contributed by atoms with Crippen molar-refractivity contribution in [2.75, 3.05) is 4.90 Å². The van der Waals surface area contributed by atoms with Gasteiger partial charge in [0.2, 0.25) is 0 Å². The normalized spacial score (nSPS) is 12.8. The van der Waals surface area contributed by atoms with E-state index in [0.29, 0.717) is 0 Å². The number of benzene rings is 11. The predicted molar refractivity (Wildman–Crippen MR) is 292 cm³/mol. The minimum absolute atomic E-state index is 0.425. The van der Waals surface area contributed by atoms with E-state index >= 15 is 0 Å². The Morgan fingerprint density at radius 2 is 0.768 bits per heavy atom. The van der Waals surface area contributed by atoms with Crippen molar-refractivity contribution in [1.82, 2.24) is 0 Å². The molecule has 1 heterocycles. The van der Waals surface area contributed by atoms with Gasteiger partial charge in [0.15, 0.2) is 0 Å². The number of fused-ring (bicyclic) bond motifs is 13. The zero-order valence-corrected chi connectivity index (χ0v) is 38.5. The summed E-state index contributed by atoms with van der Waals surface area (Å²) in [7, 11) is 0. The van der Waals surface area contributed by atoms with Crippen LogP contribution in [-0.2, 0) is 5.41 Å². The highest BCUT2D eigenvalue weighted by atomic mass is 32.1. The Bertz CT molecular complexity index is 3910. The summed E-state index contributed by atoms with van der Waals surface area (Å²) in [6.45, 7) is 0. The largest absolute Gasteiger partial charge is 0.310 e. The van der Waals surface area contributed by atoms with Gasteiger partial charge in [-0.25, -0.2) is 0 Å². The molecule has 322 valence electrons. The summed E-state index contributed by atoms with van der Waals surface area (Å²) in [6, 6.07) is 96.9. The lowest BCUT2D eigenvalue weighted by atomic mass is 9.70. The summed E-state index contributed by atoms with van der Waals surface area (Å²) in [5.74, 6) is 0. The summed E-state index contributed by atoms with van der Waals surface area (Å²) >= 11 is 1.86. The third-order valence-electron chi connectivity index (χ3n) is 14.7. The molecule has 0 saturated carbocycles. The van der Waals surface area contributed by atoms with E-state index in [-0.39, 0.29) is 0 Å². The van der Waals surface area contributed by atoms with Crippen LogP contribution in [0.4, 0.5) is 17.1 Å². The third kappa shape index (κ3) is 6.02. The molecule has 0 fully saturated rings. The monoisotopic (exact) mass is 893 g/mol. The molecular formula is C67H43NS. The number of anilines is 3. The van der Waals surface area contributed by atoms with Crippen LogP contribution in [0.25, 0.3) is 86.9 Å². The molecule has 12 aromatic rings. The van der Waals surface area contributed by atoms with Gasteiger partial charge in [-0.3, -0.25) is 0 Å². The standard InChI is InChI=1S/C67H43NS/c1-3-18-45(19-4-1)50-22-7-8-27-56(50)66-51(46-20-5-2-6-21-46)28-17-32-63(66)68(48-37-34-44(35-38-48)47-36-41-65-58(42-47)55-26-12-16-33-64(55)69-65)49-39-40-62-57(43-49)54-25-11-15-31-61(54)67(62)59-29-13-9-23-52(59)53-24-10-14-30-60(53)67/h1-43H. The van der Waals surface area contributed by atoms with E-state index in [1.807, 2.05) is 11.3 Å². The molecule has 0 N–H and O–H groups in total. The summed E-state index contributed by atoms with van der Waals surface area (Å²) in [6.07, 6.45) is 0. The Hall–Kier alpha value is -8.56. The maximum atomic E-state index is 2.51. The molecule has 0 radical (unpaired) electrons. The molecule has 0 unspecified atom stereocenters. The average Bonchev–Trinajstić information content (AvgIpc) is 4.05. The molecule has 11 aromatic carbocycles. The topological polar surface area (TPSA) is 3.24 Å². The number of nitrogens with zero attached hydrogens (tertiary/aromatic N) is 1. The molecule has 0 atom stereocenters. The lowest BCUT2D eigenvalue weighted by Gasteiger charge is -2.32. The van der Waals surface area contributed by atoms with Gasteiger partial charge in [0.05, 0.1) is 11.1 Å². The van der Waals surface area contributed by atoms with Gasteiger partial charge in [0.25, 0.3) is 0 Å². The van der Waals surface area contributed by atoms with E-state index in [1.54, 1.807) is 0 Å². The second-order valence-electron chi connectivity index (χ2n) is 18.3. The van der Waals surface area contributed by atoms with Crippen molar-refractivity contribution < 1.29 is 0 Å². The predicted octanol–water partition coefficient (Wildman–Crippen LogP) is 18.5. The smallest absolute Gasteiger partial charge is 0.0725 e. The van der Waals surface area contributed by atoms with E-state index in [9.17, 15) is 0 Å². The van der Waals surface area contributed by atoms with Crippen molar-refractivity contribution >= 4 is 48.6 Å². The summed E-state index contributed by atoms with van der Waals surface area (Å²) in [4.78, 5) is 2.51. The van der Waals surface area contributed by atoms with Crippen molar-refractivity contribution in [1.29, 1.82) is 0 Å². The van der Waals surface area contributed by atoms with Gasteiger partial charge in [-0.05, 0) is 132 Å². The first-order valence-corrected chi connectivity index (χ1v) is 24.6. The molecule has 0 aliphatic heterocycles. The fourth-order valence-electron chi connectivity index (χ4n) is 11.8. The fourth-order valence-corrected chi connectivity index (χ4v) is 12.9. The SMILES string of the molecule is c1ccc(-c2ccccc2-c2c(-c3ccccc3)cccc2N(c2ccc(-c3ccc4sc5ccccc5c4c3)cc2)c2ccc3c(c2)-c2ccccc2C32c3ccccc3-c3ccccc32)cc1. The maximum absolute atomic E-state index is 2.51. The van der Waals surface area contributed by atoms with Crippen LogP contribution < -0.4 is 4.90 Å². The van der Waals surface area contributed by atoms with Crippen molar-refractivity contribution in [2.45, 2.75) is 5.41 Å². The van der Waals surface area contributed by atoms with E-state index < -0.39 is 5.41 Å². The molecule has 14 rings (SSSR count). The van der Waals surface area contributed by atoms with Crippen LogP contribution in [0, 0.1) is 0 Å². The third-order valence-corrected chi connectivity index (χ3v) is 15.9. The second kappa shape index (κ2) is 15.8. The molecular weight excluding hydrogens is 851 g/mol. The van der Waals surface area contributed by atoms with Gasteiger partial charge in [0, 0.05) is 37.1 Å². The van der Waals surface area contributed by atoms with Crippen LogP contribution in [0.5, 0.6) is 0 Å². The van der Waals surface area contributed by atoms with Crippen molar-refractivity contribution in [3.63, 3.8) is 0 Å². The highest BCUT2D eigenvalue weighted by Crippen LogP contribution is 2.63. The van der Waals surface area contributed by atoms with E-state index in [1.165, 1.54) is 109 Å². The first kappa shape index (κ1) is 39.6. The van der Waals surface area contributed by atoms with Gasteiger partial charge in [-0.2, -0.15) is 0 Å². The molecule has 0 bridgehead atoms. The Kier molecular flexibility index (Phi) is 9.05. The van der Waals surface area contributed by atoms with Crippen LogP contribution in [0.3, 0.4) is 0 Å². The van der Waals surface area contributed by atoms with Crippen LogP contribution in [-0.4, -0.2) is 0 Å². The molecule has 1 spiro atoms. The van der Waals surface area contributed by atoms with Gasteiger partial charge >= 0.3 is 0 Å². The van der Waals surface area contributed by atoms with Gasteiger partial charge in [-0.1, -0.05) is 212 Å². The van der Waals surface area contributed by atoms with E-state index in [4.69, 9.17) is 0 Å². The summed E-state index contributed by atoms with van der Waals surface area (Å²) in [5, 5.41) is 2.62. The quantitative estimate of drug-likeness (QED) is 0.154. The fraction of sp³-hybridized carbons (Fsp3) is 0.0149. The highest BCUT2D eigenvalue weighted by Gasteiger charge is 2.51. The number of thiophene rings is 1. The number of rotatable bonds is 7. The van der Waals surface area contributed by atoms with Gasteiger partial charge in [0.1, 0.15) is 0 Å². The first-order valence-electron chi connectivity index (χ1n) is 23.8. The first-order chi connectivity index (χ1) is 34.2. The minimum atomic E-state index is -0.425. The van der Waals surface area contributed by atoms with E-state index in [2.05, 4.69) is 266 Å². The summed E-state index contributed by atoms with van der Waals surface area (Å²) in [5.41, 5.74) is 22.9. The van der Waals surface area contributed by atoms with Gasteiger partial charge < -0.3 is 4.90 Å². The molecule has 69 heavy (non-hydrogen) atoms. The molecule has 0 saturated heterocycles. The average molecular weight is 894 g/mol. The van der Waals surface area contributed by atoms with Crippen LogP contribution >= 0.6 is 11.3 Å². The van der Waals surface area contributed by atoms with Crippen LogP contribution in [0.1, 0.15) is 22.3 Å². The zero-order chi connectivity index (χ0) is 45.5.